The fourth-order valence-electron chi connectivity index (χ4n) is 4.54. The minimum Gasteiger partial charge on any atom is -0.493 e. The Labute approximate surface area is 194 Å². The number of carbonyl (C=O) groups is 1. The van der Waals surface area contributed by atoms with Gasteiger partial charge in [-0.25, -0.2) is 4.98 Å². The van der Waals surface area contributed by atoms with Crippen molar-refractivity contribution in [3.05, 3.63) is 23.3 Å². The molecule has 8 heteroatoms. The Hall–Kier alpha value is -2.19. The number of nitrogens with zero attached hydrogens (tertiary/aromatic N) is 2. The van der Waals surface area contributed by atoms with E-state index in [4.69, 9.17) is 24.4 Å². The molecule has 176 valence electrons. The molecule has 1 aromatic carbocycles. The van der Waals surface area contributed by atoms with Crippen LogP contribution in [-0.4, -0.2) is 73.4 Å². The lowest BCUT2D eigenvalue weighted by molar-refractivity contribution is -0.122. The molecule has 1 aromatic heterocycles. The monoisotopic (exact) mass is 461 g/mol. The highest BCUT2D eigenvalue weighted by Crippen LogP contribution is 2.39. The van der Waals surface area contributed by atoms with Crippen molar-refractivity contribution in [2.45, 2.75) is 38.5 Å². The second-order valence-corrected chi connectivity index (χ2v) is 9.05. The van der Waals surface area contributed by atoms with Crippen molar-refractivity contribution < 1.29 is 19.4 Å². The van der Waals surface area contributed by atoms with Gasteiger partial charge in [0.1, 0.15) is 5.82 Å². The van der Waals surface area contributed by atoms with Crippen LogP contribution in [0.5, 0.6) is 11.5 Å². The Morgan fingerprint density at radius 3 is 2.66 bits per heavy atom. The van der Waals surface area contributed by atoms with Crippen LogP contribution in [0.1, 0.15) is 36.8 Å². The van der Waals surface area contributed by atoms with E-state index in [9.17, 15) is 0 Å². The first kappa shape index (κ1) is 24.5. The maximum atomic E-state index is 8.36. The third-order valence-electron chi connectivity index (χ3n) is 6.02. The highest BCUT2D eigenvalue weighted by atomic mass is 32.2. The molecule has 1 fully saturated rings. The van der Waals surface area contributed by atoms with Gasteiger partial charge in [-0.15, -0.1) is 0 Å². The van der Waals surface area contributed by atoms with Crippen molar-refractivity contribution in [2.75, 3.05) is 57.2 Å². The van der Waals surface area contributed by atoms with Crippen molar-refractivity contribution in [3.63, 3.8) is 0 Å². The van der Waals surface area contributed by atoms with Crippen molar-refractivity contribution in [1.82, 2.24) is 9.88 Å². The molecule has 0 bridgehead atoms. The van der Waals surface area contributed by atoms with Crippen molar-refractivity contribution >= 4 is 35.0 Å². The number of hydrogen-bond donors (Lipinski definition) is 2. The van der Waals surface area contributed by atoms with Crippen LogP contribution >= 0.6 is 11.8 Å². The van der Waals surface area contributed by atoms with E-state index in [2.05, 4.69) is 28.6 Å². The minimum absolute atomic E-state index is 0.250. The van der Waals surface area contributed by atoms with Crippen LogP contribution in [0.25, 0.3) is 10.9 Å². The van der Waals surface area contributed by atoms with Gasteiger partial charge >= 0.3 is 0 Å². The standard InChI is InChI=1S/C23H33N3O2S.CH2O2/c1-27-21-15-19-17-7-5-8-18(17)23(24-9-14-29-2)25-20(19)16-22(21)28-13-6-12-26-10-3-4-11-26;2-1-3/h15-16H,3-14H2,1-2H3,(H,24,25);1H,(H,2,3). The number of aromatic nitrogens is 1. The zero-order valence-electron chi connectivity index (χ0n) is 19.2. The molecule has 7 nitrogen and oxygen atoms in total. The molecule has 0 atom stereocenters. The van der Waals surface area contributed by atoms with E-state index < -0.39 is 0 Å². The molecule has 0 radical (unpaired) electrons. The number of nitrogens with one attached hydrogen (secondary N) is 1. The molecule has 4 rings (SSSR count). The topological polar surface area (TPSA) is 83.9 Å². The van der Waals surface area contributed by atoms with E-state index in [1.54, 1.807) is 7.11 Å². The molecule has 2 aliphatic rings. The highest BCUT2D eigenvalue weighted by Gasteiger charge is 2.21. The summed E-state index contributed by atoms with van der Waals surface area (Å²) in [6.45, 7) is 5.00. The maximum absolute atomic E-state index is 8.36. The zero-order chi connectivity index (χ0) is 22.8. The minimum atomic E-state index is -0.250. The smallest absolute Gasteiger partial charge is 0.290 e. The Kier molecular flexibility index (Phi) is 9.74. The molecule has 0 unspecified atom stereocenters. The van der Waals surface area contributed by atoms with Crippen molar-refractivity contribution in [2.24, 2.45) is 0 Å². The number of likely N-dealkylation sites (tertiary alicyclic amines) is 1. The number of benzene rings is 1. The van der Waals surface area contributed by atoms with Gasteiger partial charge in [0.2, 0.25) is 0 Å². The molecule has 2 N–H and O–H groups in total. The summed E-state index contributed by atoms with van der Waals surface area (Å²) < 4.78 is 11.8. The summed E-state index contributed by atoms with van der Waals surface area (Å²) in [6, 6.07) is 4.20. The molecule has 1 aliphatic heterocycles. The zero-order valence-corrected chi connectivity index (χ0v) is 20.0. The molecule has 0 spiro atoms. The Bertz CT molecular complexity index is 887. The van der Waals surface area contributed by atoms with Crippen LogP contribution in [0.2, 0.25) is 0 Å². The molecular formula is C24H35N3O4S. The van der Waals surface area contributed by atoms with E-state index in [1.165, 1.54) is 48.9 Å². The second-order valence-electron chi connectivity index (χ2n) is 8.07. The van der Waals surface area contributed by atoms with Crippen LogP contribution in [0.3, 0.4) is 0 Å². The first-order chi connectivity index (χ1) is 15.7. The van der Waals surface area contributed by atoms with Gasteiger partial charge in [-0.3, -0.25) is 4.79 Å². The van der Waals surface area contributed by atoms with Crippen LogP contribution in [0.15, 0.2) is 12.1 Å². The summed E-state index contributed by atoms with van der Waals surface area (Å²) >= 11 is 1.86. The number of methoxy groups -OCH3 is 1. The van der Waals surface area contributed by atoms with Gasteiger partial charge in [-0.2, -0.15) is 11.8 Å². The number of rotatable bonds is 10. The van der Waals surface area contributed by atoms with E-state index >= 15 is 0 Å². The lowest BCUT2D eigenvalue weighted by Gasteiger charge is -2.17. The van der Waals surface area contributed by atoms with Crippen LogP contribution in [-0.2, 0) is 17.6 Å². The summed E-state index contributed by atoms with van der Waals surface area (Å²) in [7, 11) is 1.73. The number of hydrogen-bond acceptors (Lipinski definition) is 7. The van der Waals surface area contributed by atoms with E-state index in [0.29, 0.717) is 6.61 Å². The quantitative estimate of drug-likeness (QED) is 0.405. The van der Waals surface area contributed by atoms with Crippen LogP contribution in [0, 0.1) is 0 Å². The highest BCUT2D eigenvalue weighted by molar-refractivity contribution is 7.98. The van der Waals surface area contributed by atoms with Gasteiger partial charge in [0, 0.05) is 30.3 Å². The SMILES string of the molecule is COc1cc2c3c(c(NCCSC)nc2cc1OCCCN1CCCC1)CCC3.O=CO. The van der Waals surface area contributed by atoms with Crippen LogP contribution < -0.4 is 14.8 Å². The number of pyridine rings is 1. The van der Waals surface area contributed by atoms with Gasteiger partial charge in [-0.05, 0) is 75.1 Å². The predicted molar refractivity (Wildman–Crippen MR) is 132 cm³/mol. The Balaban J connectivity index is 0.000000913. The lowest BCUT2D eigenvalue weighted by Crippen LogP contribution is -2.21. The number of aryl methyl sites for hydroxylation is 1. The van der Waals surface area contributed by atoms with E-state index in [0.717, 1.165) is 60.9 Å². The van der Waals surface area contributed by atoms with Crippen LogP contribution in [0.4, 0.5) is 5.82 Å². The van der Waals surface area contributed by atoms with Gasteiger partial charge in [0.25, 0.3) is 6.47 Å². The lowest BCUT2D eigenvalue weighted by atomic mass is 10.0. The number of fused-ring (bicyclic) bond motifs is 3. The average Bonchev–Trinajstić information content (AvgIpc) is 3.49. The molecule has 2 heterocycles. The van der Waals surface area contributed by atoms with E-state index in [-0.39, 0.29) is 6.47 Å². The van der Waals surface area contributed by atoms with Gasteiger partial charge < -0.3 is 24.8 Å². The van der Waals surface area contributed by atoms with Gasteiger partial charge in [0.05, 0.1) is 19.2 Å². The molecule has 0 saturated carbocycles. The van der Waals surface area contributed by atoms with Gasteiger partial charge in [0.15, 0.2) is 11.5 Å². The Morgan fingerprint density at radius 1 is 1.19 bits per heavy atom. The normalized spacial score (nSPS) is 15.2. The molecule has 0 amide bonds. The summed E-state index contributed by atoms with van der Waals surface area (Å²) in [5.74, 6) is 3.77. The molecule has 32 heavy (non-hydrogen) atoms. The molecule has 1 saturated heterocycles. The Morgan fingerprint density at radius 2 is 1.94 bits per heavy atom. The molecule has 1 aliphatic carbocycles. The fourth-order valence-corrected chi connectivity index (χ4v) is 4.85. The first-order valence-corrected chi connectivity index (χ1v) is 12.8. The number of anilines is 1. The fraction of sp³-hybridized carbons (Fsp3) is 0.583. The summed E-state index contributed by atoms with van der Waals surface area (Å²) in [4.78, 5) is 15.9. The average molecular weight is 462 g/mol. The van der Waals surface area contributed by atoms with Crippen molar-refractivity contribution in [3.8, 4) is 11.5 Å². The second kappa shape index (κ2) is 12.7. The molecular weight excluding hydrogens is 426 g/mol. The third-order valence-corrected chi connectivity index (χ3v) is 6.63. The number of thioether (sulfide) groups is 1. The largest absolute Gasteiger partial charge is 0.493 e. The summed E-state index contributed by atoms with van der Waals surface area (Å²) in [5, 5.41) is 11.7. The summed E-state index contributed by atoms with van der Waals surface area (Å²) in [6.07, 6.45) is 9.28. The predicted octanol–water partition coefficient (Wildman–Crippen LogP) is 4.07. The van der Waals surface area contributed by atoms with Crippen molar-refractivity contribution in [1.29, 1.82) is 0 Å². The number of ether oxygens (including phenoxy) is 2. The third kappa shape index (κ3) is 6.19. The maximum Gasteiger partial charge on any atom is 0.290 e. The summed E-state index contributed by atoms with van der Waals surface area (Å²) in [5.41, 5.74) is 3.83. The first-order valence-electron chi connectivity index (χ1n) is 11.4. The number of carboxylic acid groups (broad SMARTS) is 1. The van der Waals surface area contributed by atoms with E-state index in [1.807, 2.05) is 11.8 Å². The van der Waals surface area contributed by atoms with Gasteiger partial charge in [-0.1, -0.05) is 0 Å². The molecule has 2 aromatic rings.